The summed E-state index contributed by atoms with van der Waals surface area (Å²) in [5.74, 6) is 0.0835. The lowest BCUT2D eigenvalue weighted by atomic mass is 10.1. The molecule has 8 nitrogen and oxygen atoms in total. The number of amides is 1. The minimum Gasteiger partial charge on any atom is -0.398 e. The topological polar surface area (TPSA) is 127 Å². The van der Waals surface area contributed by atoms with Gasteiger partial charge in [0.1, 0.15) is 5.82 Å². The fourth-order valence-electron chi connectivity index (χ4n) is 2.16. The first kappa shape index (κ1) is 18.9. The van der Waals surface area contributed by atoms with Crippen molar-refractivity contribution in [1.29, 1.82) is 0 Å². The zero-order valence-corrected chi connectivity index (χ0v) is 15.7. The fraction of sp³-hybridized carbons (Fsp3) is 0.118. The number of carbonyl (C=O) groups excluding carboxylic acids is 1. The van der Waals surface area contributed by atoms with Gasteiger partial charge in [0.2, 0.25) is 5.91 Å². The SMILES string of the molecule is C[C@H](Sc1nnc(-c2ccccc2N)c(=O)[nH]1)C(=O)Nc1ccc(Cl)cn1. The Morgan fingerprint density at radius 1 is 1.26 bits per heavy atom. The zero-order valence-electron chi connectivity index (χ0n) is 14.1. The number of nitrogens with two attached hydrogens (primary N) is 1. The standard InChI is InChI=1S/C17H15ClN6O2S/c1-9(15(25)21-13-7-6-10(18)8-20-13)27-17-22-16(26)14(23-24-17)11-4-2-3-5-12(11)19/h2-9H,19H2,1H3,(H,20,21,25)(H,22,24,26)/t9-/m0/s1. The number of para-hydroxylation sites is 1. The summed E-state index contributed by atoms with van der Waals surface area (Å²) in [6.07, 6.45) is 1.44. The van der Waals surface area contributed by atoms with E-state index in [2.05, 4.69) is 25.5 Å². The third kappa shape index (κ3) is 4.63. The summed E-state index contributed by atoms with van der Waals surface area (Å²) >= 11 is 6.83. The molecule has 0 aliphatic rings. The molecule has 27 heavy (non-hydrogen) atoms. The number of nitrogens with one attached hydrogen (secondary N) is 2. The first-order chi connectivity index (χ1) is 12.9. The fourth-order valence-corrected chi connectivity index (χ4v) is 3.01. The molecule has 138 valence electrons. The van der Waals surface area contributed by atoms with Crippen molar-refractivity contribution in [1.82, 2.24) is 20.2 Å². The van der Waals surface area contributed by atoms with Gasteiger partial charge in [0, 0.05) is 17.4 Å². The molecule has 0 fully saturated rings. The molecule has 1 atom stereocenters. The maximum atomic E-state index is 12.3. The van der Waals surface area contributed by atoms with Gasteiger partial charge in [-0.2, -0.15) is 0 Å². The molecule has 4 N–H and O–H groups in total. The van der Waals surface area contributed by atoms with Crippen molar-refractivity contribution in [2.75, 3.05) is 11.1 Å². The lowest BCUT2D eigenvalue weighted by Gasteiger charge is -2.11. The lowest BCUT2D eigenvalue weighted by molar-refractivity contribution is -0.115. The van der Waals surface area contributed by atoms with Crippen LogP contribution in [-0.2, 0) is 4.79 Å². The summed E-state index contributed by atoms with van der Waals surface area (Å²) in [6.45, 7) is 1.68. The minimum atomic E-state index is -0.542. The van der Waals surface area contributed by atoms with Crippen LogP contribution in [0.2, 0.25) is 5.02 Å². The lowest BCUT2D eigenvalue weighted by Crippen LogP contribution is -2.24. The second-order valence-electron chi connectivity index (χ2n) is 5.51. The molecule has 0 aliphatic carbocycles. The number of benzene rings is 1. The van der Waals surface area contributed by atoms with Gasteiger partial charge < -0.3 is 11.1 Å². The van der Waals surface area contributed by atoms with E-state index in [9.17, 15) is 9.59 Å². The van der Waals surface area contributed by atoms with Gasteiger partial charge in [-0.25, -0.2) is 4.98 Å². The van der Waals surface area contributed by atoms with Crippen LogP contribution in [0.3, 0.4) is 0 Å². The number of H-pyrrole nitrogens is 1. The van der Waals surface area contributed by atoms with Crippen molar-refractivity contribution in [2.24, 2.45) is 0 Å². The smallest absolute Gasteiger partial charge is 0.278 e. The molecular formula is C17H15ClN6O2S. The van der Waals surface area contributed by atoms with E-state index in [0.717, 1.165) is 11.8 Å². The zero-order chi connectivity index (χ0) is 19.4. The maximum Gasteiger partial charge on any atom is 0.278 e. The van der Waals surface area contributed by atoms with Crippen LogP contribution in [0.25, 0.3) is 11.3 Å². The Bertz CT molecular complexity index is 1020. The Morgan fingerprint density at radius 2 is 2.04 bits per heavy atom. The molecule has 3 aromatic rings. The Balaban J connectivity index is 1.71. The van der Waals surface area contributed by atoms with Gasteiger partial charge >= 0.3 is 0 Å². The van der Waals surface area contributed by atoms with Gasteiger partial charge in [0.15, 0.2) is 10.9 Å². The van der Waals surface area contributed by atoms with Gasteiger partial charge in [-0.05, 0) is 25.1 Å². The van der Waals surface area contributed by atoms with Crippen LogP contribution in [0.4, 0.5) is 11.5 Å². The number of pyridine rings is 1. The molecule has 10 heteroatoms. The molecule has 0 unspecified atom stereocenters. The molecule has 0 saturated heterocycles. The van der Waals surface area contributed by atoms with Crippen LogP contribution in [0.15, 0.2) is 52.5 Å². The number of carbonyl (C=O) groups is 1. The molecule has 0 spiro atoms. The Labute approximate surface area is 163 Å². The minimum absolute atomic E-state index is 0.125. The van der Waals surface area contributed by atoms with Crippen LogP contribution in [0.5, 0.6) is 0 Å². The highest BCUT2D eigenvalue weighted by molar-refractivity contribution is 8.00. The second-order valence-corrected chi connectivity index (χ2v) is 7.27. The number of rotatable bonds is 5. The summed E-state index contributed by atoms with van der Waals surface area (Å²) in [7, 11) is 0. The Morgan fingerprint density at radius 3 is 2.70 bits per heavy atom. The Kier molecular flexibility index (Phi) is 5.72. The predicted molar refractivity (Wildman–Crippen MR) is 106 cm³/mol. The highest BCUT2D eigenvalue weighted by Crippen LogP contribution is 2.22. The number of anilines is 2. The average molecular weight is 403 g/mol. The number of hydrogen-bond donors (Lipinski definition) is 3. The molecule has 1 aromatic carbocycles. The van der Waals surface area contributed by atoms with E-state index >= 15 is 0 Å². The van der Waals surface area contributed by atoms with Crippen molar-refractivity contribution in [3.63, 3.8) is 0 Å². The van der Waals surface area contributed by atoms with Gasteiger partial charge in [-0.15, -0.1) is 10.2 Å². The number of nitrogens with zero attached hydrogens (tertiary/aromatic N) is 3. The molecular weight excluding hydrogens is 388 g/mol. The molecule has 0 aliphatic heterocycles. The number of nitrogen functional groups attached to an aromatic ring is 1. The Hall–Kier alpha value is -2.91. The largest absolute Gasteiger partial charge is 0.398 e. The first-order valence-electron chi connectivity index (χ1n) is 7.85. The maximum absolute atomic E-state index is 12.3. The van der Waals surface area contributed by atoms with Gasteiger partial charge in [-0.3, -0.25) is 14.6 Å². The van der Waals surface area contributed by atoms with Crippen LogP contribution >= 0.6 is 23.4 Å². The van der Waals surface area contributed by atoms with Gasteiger partial charge in [0.25, 0.3) is 5.56 Å². The van der Waals surface area contributed by atoms with Crippen molar-refractivity contribution in [2.45, 2.75) is 17.3 Å². The predicted octanol–water partition coefficient (Wildman–Crippen LogP) is 2.58. The van der Waals surface area contributed by atoms with Crippen LogP contribution in [-0.4, -0.2) is 31.3 Å². The molecule has 0 saturated carbocycles. The average Bonchev–Trinajstić information content (AvgIpc) is 2.64. The van der Waals surface area contributed by atoms with Crippen molar-refractivity contribution in [3.8, 4) is 11.3 Å². The second kappa shape index (κ2) is 8.19. The first-order valence-corrected chi connectivity index (χ1v) is 9.11. The number of aromatic nitrogens is 4. The molecule has 0 bridgehead atoms. The van der Waals surface area contributed by atoms with E-state index < -0.39 is 10.8 Å². The summed E-state index contributed by atoms with van der Waals surface area (Å²) in [5, 5.41) is 10.8. The number of aromatic amines is 1. The van der Waals surface area contributed by atoms with E-state index in [0.29, 0.717) is 22.1 Å². The quantitative estimate of drug-likeness (QED) is 0.442. The number of thioether (sulfide) groups is 1. The number of halogens is 1. The van der Waals surface area contributed by atoms with Crippen molar-refractivity contribution < 1.29 is 4.79 Å². The molecule has 3 rings (SSSR count). The third-order valence-corrected chi connectivity index (χ3v) is 4.73. The molecule has 1 amide bonds. The van der Waals surface area contributed by atoms with Crippen LogP contribution in [0.1, 0.15) is 6.92 Å². The van der Waals surface area contributed by atoms with E-state index in [-0.39, 0.29) is 16.8 Å². The summed E-state index contributed by atoms with van der Waals surface area (Å²) in [6, 6.07) is 10.1. The van der Waals surface area contributed by atoms with Gasteiger partial charge in [-0.1, -0.05) is 41.6 Å². The molecule has 2 aromatic heterocycles. The highest BCUT2D eigenvalue weighted by Gasteiger charge is 2.18. The van der Waals surface area contributed by atoms with Crippen LogP contribution < -0.4 is 16.6 Å². The molecule has 0 radical (unpaired) electrons. The normalized spacial score (nSPS) is 11.8. The van der Waals surface area contributed by atoms with E-state index in [1.54, 1.807) is 43.3 Å². The van der Waals surface area contributed by atoms with E-state index in [1.165, 1.54) is 6.20 Å². The van der Waals surface area contributed by atoms with Crippen molar-refractivity contribution >= 4 is 40.8 Å². The molecule has 2 heterocycles. The summed E-state index contributed by atoms with van der Waals surface area (Å²) < 4.78 is 0. The van der Waals surface area contributed by atoms with E-state index in [1.807, 2.05) is 0 Å². The monoisotopic (exact) mass is 402 g/mol. The summed E-state index contributed by atoms with van der Waals surface area (Å²) in [5.41, 5.74) is 6.50. The van der Waals surface area contributed by atoms with Crippen molar-refractivity contribution in [3.05, 3.63) is 58.0 Å². The van der Waals surface area contributed by atoms with Gasteiger partial charge in [0.05, 0.1) is 10.3 Å². The number of hydrogen-bond acceptors (Lipinski definition) is 7. The van der Waals surface area contributed by atoms with E-state index in [4.69, 9.17) is 17.3 Å². The third-order valence-electron chi connectivity index (χ3n) is 3.53. The van der Waals surface area contributed by atoms with Crippen LogP contribution in [0, 0.1) is 0 Å². The highest BCUT2D eigenvalue weighted by atomic mass is 35.5. The summed E-state index contributed by atoms with van der Waals surface area (Å²) in [4.78, 5) is 31.2.